The van der Waals surface area contributed by atoms with Crippen molar-refractivity contribution in [3.63, 3.8) is 0 Å². The molecular formula is C11H12N6O3. The van der Waals surface area contributed by atoms with Gasteiger partial charge in [0.25, 0.3) is 0 Å². The van der Waals surface area contributed by atoms with Gasteiger partial charge < -0.3 is 15.7 Å². The van der Waals surface area contributed by atoms with Crippen LogP contribution in [0.3, 0.4) is 0 Å². The molecule has 2 aromatic heterocycles. The fraction of sp³-hybridized carbons (Fsp3) is 0.182. The molecule has 0 atom stereocenters. The summed E-state index contributed by atoms with van der Waals surface area (Å²) in [7, 11) is 0. The first-order valence-electron chi connectivity index (χ1n) is 5.72. The second-order valence-corrected chi connectivity index (χ2v) is 3.81. The predicted molar refractivity (Wildman–Crippen MR) is 68.2 cm³/mol. The maximum absolute atomic E-state index is 11.6. The third kappa shape index (κ3) is 3.77. The van der Waals surface area contributed by atoms with Crippen LogP contribution in [0.1, 0.15) is 10.4 Å². The van der Waals surface area contributed by atoms with Gasteiger partial charge in [0.2, 0.25) is 0 Å². The minimum atomic E-state index is -1.10. The van der Waals surface area contributed by atoms with Crippen LogP contribution in [0.5, 0.6) is 0 Å². The van der Waals surface area contributed by atoms with Crippen molar-refractivity contribution in [1.29, 1.82) is 0 Å². The third-order valence-corrected chi connectivity index (χ3v) is 2.34. The molecule has 0 aromatic carbocycles. The molecule has 0 saturated carbocycles. The van der Waals surface area contributed by atoms with Gasteiger partial charge in [-0.2, -0.15) is 0 Å². The molecule has 0 aliphatic rings. The van der Waals surface area contributed by atoms with Crippen molar-refractivity contribution in [3.05, 3.63) is 36.4 Å². The number of aromatic nitrogens is 4. The topological polar surface area (TPSA) is 122 Å². The molecule has 0 aliphatic carbocycles. The van der Waals surface area contributed by atoms with Crippen LogP contribution < -0.4 is 10.6 Å². The van der Waals surface area contributed by atoms with E-state index in [2.05, 4.69) is 25.9 Å². The summed E-state index contributed by atoms with van der Waals surface area (Å²) in [6.45, 7) is 0.849. The molecule has 0 bridgehead atoms. The van der Waals surface area contributed by atoms with E-state index in [1.165, 1.54) is 18.5 Å². The van der Waals surface area contributed by atoms with Crippen molar-refractivity contribution in [1.82, 2.24) is 25.3 Å². The number of aromatic carboxylic acids is 1. The van der Waals surface area contributed by atoms with Crippen LogP contribution in [0.15, 0.2) is 30.9 Å². The van der Waals surface area contributed by atoms with Crippen LogP contribution in [0.4, 0.5) is 10.5 Å². The number of anilines is 1. The van der Waals surface area contributed by atoms with E-state index in [9.17, 15) is 9.59 Å². The summed E-state index contributed by atoms with van der Waals surface area (Å²) in [5, 5.41) is 21.3. The van der Waals surface area contributed by atoms with Crippen molar-refractivity contribution in [2.24, 2.45) is 0 Å². The highest BCUT2D eigenvalue weighted by molar-refractivity contribution is 5.92. The van der Waals surface area contributed by atoms with E-state index >= 15 is 0 Å². The molecule has 0 unspecified atom stereocenters. The highest BCUT2D eigenvalue weighted by atomic mass is 16.4. The van der Waals surface area contributed by atoms with Crippen molar-refractivity contribution in [2.75, 3.05) is 11.9 Å². The number of hydrogen-bond acceptors (Lipinski definition) is 5. The number of carbonyl (C=O) groups excluding carboxylic acids is 1. The Morgan fingerprint density at radius 2 is 2.20 bits per heavy atom. The van der Waals surface area contributed by atoms with Gasteiger partial charge in [-0.25, -0.2) is 9.59 Å². The summed E-state index contributed by atoms with van der Waals surface area (Å²) in [6.07, 6.45) is 5.79. The largest absolute Gasteiger partial charge is 0.478 e. The summed E-state index contributed by atoms with van der Waals surface area (Å²) >= 11 is 0. The second-order valence-electron chi connectivity index (χ2n) is 3.81. The van der Waals surface area contributed by atoms with Gasteiger partial charge in [0.15, 0.2) is 0 Å². The van der Waals surface area contributed by atoms with Gasteiger partial charge in [-0.15, -0.1) is 5.10 Å². The van der Waals surface area contributed by atoms with E-state index < -0.39 is 12.0 Å². The van der Waals surface area contributed by atoms with Crippen LogP contribution in [-0.4, -0.2) is 43.6 Å². The predicted octanol–water partition coefficient (Wildman–Crippen LogP) is 0.193. The second kappa shape index (κ2) is 6.27. The third-order valence-electron chi connectivity index (χ3n) is 2.34. The molecule has 2 rings (SSSR count). The lowest BCUT2D eigenvalue weighted by molar-refractivity contribution is 0.0696. The molecule has 0 radical (unpaired) electrons. The van der Waals surface area contributed by atoms with Crippen LogP contribution >= 0.6 is 0 Å². The molecule has 0 spiro atoms. The lowest BCUT2D eigenvalue weighted by Gasteiger charge is -2.07. The number of urea groups is 1. The number of rotatable bonds is 5. The summed E-state index contributed by atoms with van der Waals surface area (Å²) in [5.74, 6) is -1.10. The SMILES string of the molecule is O=C(NCCn1ccnn1)Nc1cncc(C(=O)O)c1. The molecule has 9 nitrogen and oxygen atoms in total. The smallest absolute Gasteiger partial charge is 0.337 e. The highest BCUT2D eigenvalue weighted by Crippen LogP contribution is 2.07. The summed E-state index contributed by atoms with van der Waals surface area (Å²) in [6, 6.07) is 0.876. The van der Waals surface area contributed by atoms with Crippen LogP contribution in [0.2, 0.25) is 0 Å². The van der Waals surface area contributed by atoms with Gasteiger partial charge in [0.05, 0.1) is 30.2 Å². The fourth-order valence-corrected chi connectivity index (χ4v) is 1.44. The Morgan fingerprint density at radius 3 is 2.90 bits per heavy atom. The van der Waals surface area contributed by atoms with Gasteiger partial charge in [0.1, 0.15) is 0 Å². The molecule has 20 heavy (non-hydrogen) atoms. The Kier molecular flexibility index (Phi) is 4.22. The Hall–Kier alpha value is -2.97. The zero-order chi connectivity index (χ0) is 14.4. The fourth-order valence-electron chi connectivity index (χ4n) is 1.44. The normalized spacial score (nSPS) is 10.0. The summed E-state index contributed by atoms with van der Waals surface area (Å²) in [4.78, 5) is 26.1. The Bertz CT molecular complexity index is 598. The van der Waals surface area contributed by atoms with E-state index in [4.69, 9.17) is 5.11 Å². The summed E-state index contributed by atoms with van der Waals surface area (Å²) < 4.78 is 1.58. The maximum atomic E-state index is 11.6. The Morgan fingerprint density at radius 1 is 1.35 bits per heavy atom. The zero-order valence-corrected chi connectivity index (χ0v) is 10.4. The number of amides is 2. The van der Waals surface area contributed by atoms with Gasteiger partial charge in [-0.05, 0) is 6.07 Å². The minimum absolute atomic E-state index is 0.00501. The van der Waals surface area contributed by atoms with E-state index in [0.717, 1.165) is 0 Å². The Labute approximate surface area is 113 Å². The summed E-state index contributed by atoms with van der Waals surface area (Å²) in [5.41, 5.74) is 0.313. The number of nitrogens with zero attached hydrogens (tertiary/aromatic N) is 4. The van der Waals surface area contributed by atoms with E-state index in [1.807, 2.05) is 0 Å². The quantitative estimate of drug-likeness (QED) is 0.716. The molecule has 9 heteroatoms. The first kappa shape index (κ1) is 13.5. The van der Waals surface area contributed by atoms with Crippen molar-refractivity contribution < 1.29 is 14.7 Å². The first-order chi connectivity index (χ1) is 9.65. The van der Waals surface area contributed by atoms with Crippen LogP contribution in [0.25, 0.3) is 0 Å². The van der Waals surface area contributed by atoms with E-state index in [0.29, 0.717) is 18.8 Å². The van der Waals surface area contributed by atoms with Gasteiger partial charge in [-0.3, -0.25) is 9.67 Å². The van der Waals surface area contributed by atoms with E-state index in [-0.39, 0.29) is 5.56 Å². The molecule has 2 amide bonds. The van der Waals surface area contributed by atoms with E-state index in [1.54, 1.807) is 17.1 Å². The van der Waals surface area contributed by atoms with Crippen LogP contribution in [0, 0.1) is 0 Å². The Balaban J connectivity index is 1.82. The van der Waals surface area contributed by atoms with Crippen molar-refractivity contribution in [2.45, 2.75) is 6.54 Å². The van der Waals surface area contributed by atoms with Crippen molar-refractivity contribution >= 4 is 17.7 Å². The molecule has 0 aliphatic heterocycles. The molecule has 0 saturated heterocycles. The van der Waals surface area contributed by atoms with Crippen molar-refractivity contribution in [3.8, 4) is 0 Å². The molecule has 2 heterocycles. The number of carboxylic acids is 1. The molecule has 2 aromatic rings. The molecule has 3 N–H and O–H groups in total. The standard InChI is InChI=1S/C11H12N6O3/c18-10(19)8-5-9(7-12-6-8)15-11(20)13-1-3-17-4-2-14-16-17/h2,4-7H,1,3H2,(H,18,19)(H2,13,15,20). The number of nitrogens with one attached hydrogen (secondary N) is 2. The van der Waals surface area contributed by atoms with Gasteiger partial charge >= 0.3 is 12.0 Å². The number of carboxylic acid groups (broad SMARTS) is 1. The maximum Gasteiger partial charge on any atom is 0.337 e. The highest BCUT2D eigenvalue weighted by Gasteiger charge is 2.06. The number of carbonyl (C=O) groups is 2. The zero-order valence-electron chi connectivity index (χ0n) is 10.4. The average molecular weight is 276 g/mol. The average Bonchev–Trinajstić information content (AvgIpc) is 2.92. The first-order valence-corrected chi connectivity index (χ1v) is 5.72. The molecular weight excluding hydrogens is 264 g/mol. The van der Waals surface area contributed by atoms with Gasteiger partial charge in [-0.1, -0.05) is 5.21 Å². The number of pyridine rings is 1. The van der Waals surface area contributed by atoms with Crippen LogP contribution in [-0.2, 0) is 6.54 Å². The van der Waals surface area contributed by atoms with Gasteiger partial charge in [0, 0.05) is 18.9 Å². The lowest BCUT2D eigenvalue weighted by atomic mass is 10.3. The minimum Gasteiger partial charge on any atom is -0.478 e. The monoisotopic (exact) mass is 276 g/mol. The molecule has 104 valence electrons. The number of hydrogen-bond donors (Lipinski definition) is 3. The lowest BCUT2D eigenvalue weighted by Crippen LogP contribution is -2.31. The molecule has 0 fully saturated rings.